The number of para-hydroxylation sites is 1. The van der Waals surface area contributed by atoms with Crippen LogP contribution in [0.3, 0.4) is 0 Å². The lowest BCUT2D eigenvalue weighted by Gasteiger charge is -2.16. The van der Waals surface area contributed by atoms with Crippen molar-refractivity contribution in [2.24, 2.45) is 5.92 Å². The highest BCUT2D eigenvalue weighted by molar-refractivity contribution is 5.93. The molecule has 2 amide bonds. The number of β-amino-alcohol motifs (C(OH)–C–C–N with tert-alkyl or cyclic N) is 1. The maximum Gasteiger partial charge on any atom is 0.224 e. The molecule has 1 aromatic heterocycles. The summed E-state index contributed by atoms with van der Waals surface area (Å²) >= 11 is 0. The molecule has 2 aliphatic rings. The normalized spacial score (nSPS) is 19.6. The minimum Gasteiger partial charge on any atom is -0.391 e. The van der Waals surface area contributed by atoms with Crippen molar-refractivity contribution >= 4 is 28.4 Å². The van der Waals surface area contributed by atoms with Gasteiger partial charge in [-0.2, -0.15) is 0 Å². The third-order valence-corrected chi connectivity index (χ3v) is 6.83. The fourth-order valence-electron chi connectivity index (χ4n) is 5.00. The van der Waals surface area contributed by atoms with Gasteiger partial charge in [0, 0.05) is 48.6 Å². The van der Waals surface area contributed by atoms with Gasteiger partial charge in [-0.25, -0.2) is 0 Å². The number of aliphatic hydroxyl groups is 1. The summed E-state index contributed by atoms with van der Waals surface area (Å²) in [6.45, 7) is 0.796. The number of likely N-dealkylation sites (tertiary alicyclic amines) is 1. The van der Waals surface area contributed by atoms with Crippen LogP contribution in [0.2, 0.25) is 0 Å². The molecule has 1 fully saturated rings. The van der Waals surface area contributed by atoms with Gasteiger partial charge in [0.15, 0.2) is 0 Å². The lowest BCUT2D eigenvalue weighted by atomic mass is 9.99. The summed E-state index contributed by atoms with van der Waals surface area (Å²) in [4.78, 5) is 31.4. The number of aromatic nitrogens is 1. The Balaban J connectivity index is 1.12. The van der Waals surface area contributed by atoms with E-state index in [4.69, 9.17) is 4.98 Å². The number of benzene rings is 2. The number of aryl methyl sites for hydroxylation is 2. The number of anilines is 1. The zero-order valence-electron chi connectivity index (χ0n) is 18.7. The van der Waals surface area contributed by atoms with Gasteiger partial charge in [-0.3, -0.25) is 14.6 Å². The van der Waals surface area contributed by atoms with E-state index in [2.05, 4.69) is 11.4 Å². The molecule has 0 radical (unpaired) electrons. The number of hydrogen-bond donors (Lipinski definition) is 2. The van der Waals surface area contributed by atoms with Crippen LogP contribution in [0.4, 0.5) is 5.69 Å². The summed E-state index contributed by atoms with van der Waals surface area (Å²) in [7, 11) is 0. The Bertz CT molecular complexity index is 1190. The number of carbonyl (C=O) groups is 2. The van der Waals surface area contributed by atoms with E-state index in [1.54, 1.807) is 4.90 Å². The first-order valence-corrected chi connectivity index (χ1v) is 11.8. The average Bonchev–Trinajstić information content (AvgIpc) is 3.43. The van der Waals surface area contributed by atoms with Gasteiger partial charge in [0.05, 0.1) is 11.6 Å². The Hall–Kier alpha value is -3.25. The van der Waals surface area contributed by atoms with E-state index in [0.29, 0.717) is 19.5 Å². The number of aliphatic hydroxyl groups excluding tert-OH is 1. The number of nitrogens with zero attached hydrogens (tertiary/aromatic N) is 2. The van der Waals surface area contributed by atoms with Gasteiger partial charge in [0.25, 0.3) is 0 Å². The maximum absolute atomic E-state index is 12.7. The van der Waals surface area contributed by atoms with Crippen molar-refractivity contribution in [3.8, 4) is 0 Å². The fourth-order valence-corrected chi connectivity index (χ4v) is 5.00. The lowest BCUT2D eigenvalue weighted by Crippen LogP contribution is -2.30. The highest BCUT2D eigenvalue weighted by atomic mass is 16.3. The van der Waals surface area contributed by atoms with Crippen molar-refractivity contribution in [2.75, 3.05) is 18.4 Å². The highest BCUT2D eigenvalue weighted by Crippen LogP contribution is 2.26. The number of fused-ring (bicyclic) bond motifs is 2. The van der Waals surface area contributed by atoms with Crippen LogP contribution >= 0.6 is 0 Å². The molecule has 1 saturated heterocycles. The molecule has 2 aromatic carbocycles. The predicted molar refractivity (Wildman–Crippen MR) is 128 cm³/mol. The van der Waals surface area contributed by atoms with Crippen LogP contribution in [0, 0.1) is 5.92 Å². The Kier molecular flexibility index (Phi) is 6.09. The van der Waals surface area contributed by atoms with E-state index in [1.807, 2.05) is 48.5 Å². The van der Waals surface area contributed by atoms with Gasteiger partial charge in [-0.15, -0.1) is 0 Å². The fraction of sp³-hybridized carbons (Fsp3) is 0.370. The molecule has 2 heterocycles. The van der Waals surface area contributed by atoms with Crippen molar-refractivity contribution in [3.63, 3.8) is 0 Å². The molecular weight excluding hydrogens is 414 g/mol. The zero-order chi connectivity index (χ0) is 22.8. The molecule has 0 bridgehead atoms. The second-order valence-corrected chi connectivity index (χ2v) is 9.21. The molecule has 6 heteroatoms. The largest absolute Gasteiger partial charge is 0.391 e. The number of rotatable bonds is 6. The van der Waals surface area contributed by atoms with E-state index in [9.17, 15) is 14.7 Å². The second-order valence-electron chi connectivity index (χ2n) is 9.21. The standard InChI is InChI=1S/C27H29N3O3/c31-25-17-30(16-21(25)15-22-11-9-19-4-1-2-7-24(19)28-22)27(33)13-12-26(32)29-23-10-8-18-5-3-6-20(18)14-23/h1-2,4,7-11,14,21,25,31H,3,5-6,12-13,15-17H2,(H,29,32)/t21-,25-/m1/s1. The monoisotopic (exact) mass is 443 g/mol. The highest BCUT2D eigenvalue weighted by Gasteiger charge is 2.34. The van der Waals surface area contributed by atoms with Crippen molar-refractivity contribution in [2.45, 2.75) is 44.6 Å². The van der Waals surface area contributed by atoms with E-state index in [0.717, 1.165) is 35.1 Å². The van der Waals surface area contributed by atoms with Crippen LogP contribution < -0.4 is 5.32 Å². The molecule has 0 saturated carbocycles. The van der Waals surface area contributed by atoms with Crippen molar-refractivity contribution in [3.05, 3.63) is 71.4 Å². The van der Waals surface area contributed by atoms with Crippen molar-refractivity contribution < 1.29 is 14.7 Å². The van der Waals surface area contributed by atoms with E-state index in [-0.39, 0.29) is 30.6 Å². The first-order chi connectivity index (χ1) is 16.0. The van der Waals surface area contributed by atoms with Gasteiger partial charge < -0.3 is 15.3 Å². The summed E-state index contributed by atoms with van der Waals surface area (Å²) in [6.07, 6.45) is 3.66. The number of hydrogen-bond acceptors (Lipinski definition) is 4. The molecule has 2 N–H and O–H groups in total. The number of pyridine rings is 1. The van der Waals surface area contributed by atoms with E-state index < -0.39 is 6.10 Å². The summed E-state index contributed by atoms with van der Waals surface area (Å²) in [5, 5.41) is 14.5. The van der Waals surface area contributed by atoms with E-state index >= 15 is 0 Å². The topological polar surface area (TPSA) is 82.5 Å². The van der Waals surface area contributed by atoms with Crippen LogP contribution in [-0.2, 0) is 28.9 Å². The molecule has 1 aliphatic carbocycles. The zero-order valence-corrected chi connectivity index (χ0v) is 18.7. The maximum atomic E-state index is 12.7. The Morgan fingerprint density at radius 1 is 1.00 bits per heavy atom. The summed E-state index contributed by atoms with van der Waals surface area (Å²) in [6, 6.07) is 18.1. The summed E-state index contributed by atoms with van der Waals surface area (Å²) in [5.74, 6) is -0.298. The van der Waals surface area contributed by atoms with Crippen molar-refractivity contribution in [1.82, 2.24) is 9.88 Å². The van der Waals surface area contributed by atoms with Crippen LogP contribution in [0.5, 0.6) is 0 Å². The molecule has 1 aliphatic heterocycles. The minimum atomic E-state index is -0.581. The molecule has 2 atom stereocenters. The molecule has 0 unspecified atom stereocenters. The Morgan fingerprint density at radius 2 is 1.85 bits per heavy atom. The molecular formula is C27H29N3O3. The second kappa shape index (κ2) is 9.32. The first-order valence-electron chi connectivity index (χ1n) is 11.8. The quantitative estimate of drug-likeness (QED) is 0.611. The molecule has 3 aromatic rings. The van der Waals surface area contributed by atoms with Gasteiger partial charge in [-0.05, 0) is 61.1 Å². The first kappa shape index (κ1) is 21.6. The Morgan fingerprint density at radius 3 is 2.76 bits per heavy atom. The molecule has 6 nitrogen and oxygen atoms in total. The summed E-state index contributed by atoms with van der Waals surface area (Å²) < 4.78 is 0. The predicted octanol–water partition coefficient (Wildman–Crippen LogP) is 3.50. The lowest BCUT2D eigenvalue weighted by molar-refractivity contribution is -0.132. The molecule has 170 valence electrons. The van der Waals surface area contributed by atoms with Crippen LogP contribution in [0.15, 0.2) is 54.6 Å². The average molecular weight is 444 g/mol. The molecule has 0 spiro atoms. The van der Waals surface area contributed by atoms with Gasteiger partial charge >= 0.3 is 0 Å². The third kappa shape index (κ3) is 4.91. The summed E-state index contributed by atoms with van der Waals surface area (Å²) in [5.41, 5.74) is 5.32. The smallest absolute Gasteiger partial charge is 0.224 e. The van der Waals surface area contributed by atoms with Crippen LogP contribution in [0.25, 0.3) is 10.9 Å². The number of carbonyl (C=O) groups excluding carboxylic acids is 2. The minimum absolute atomic E-state index is 0.0529. The SMILES string of the molecule is O=C(CCC(=O)N1C[C@@H](Cc2ccc3ccccc3n2)[C@H](O)C1)Nc1ccc2c(c1)CCC2. The van der Waals surface area contributed by atoms with Gasteiger partial charge in [-0.1, -0.05) is 30.3 Å². The van der Waals surface area contributed by atoms with Gasteiger partial charge in [0.2, 0.25) is 11.8 Å². The molecule has 5 rings (SSSR count). The van der Waals surface area contributed by atoms with E-state index in [1.165, 1.54) is 17.5 Å². The van der Waals surface area contributed by atoms with Crippen molar-refractivity contribution in [1.29, 1.82) is 0 Å². The van der Waals surface area contributed by atoms with Gasteiger partial charge in [0.1, 0.15) is 0 Å². The van der Waals surface area contributed by atoms with Crippen LogP contribution in [0.1, 0.15) is 36.1 Å². The third-order valence-electron chi connectivity index (χ3n) is 6.83. The Labute approximate surface area is 193 Å². The van der Waals surface area contributed by atoms with Crippen LogP contribution in [-0.4, -0.2) is 46.0 Å². The number of nitrogens with one attached hydrogen (secondary N) is 1. The molecule has 33 heavy (non-hydrogen) atoms. The number of amides is 2.